The van der Waals surface area contributed by atoms with Crippen molar-refractivity contribution in [3.05, 3.63) is 41.5 Å². The van der Waals surface area contributed by atoms with Crippen LogP contribution in [0.25, 0.3) is 0 Å². The van der Waals surface area contributed by atoms with Gasteiger partial charge in [-0.1, -0.05) is 20.8 Å². The Morgan fingerprint density at radius 2 is 1.75 bits per heavy atom. The van der Waals surface area contributed by atoms with Crippen LogP contribution in [0.5, 0.6) is 5.75 Å². The molecule has 0 atom stereocenters. The standard InChI is InChI=1S/C16H20O4/c1-16(2,3)12-10-11(6-8-14(12)19-4)13(17)7-9-15(18)20-5/h6-10H,1-5H3/b9-7+. The van der Waals surface area contributed by atoms with Gasteiger partial charge < -0.3 is 9.47 Å². The third kappa shape index (κ3) is 3.95. The molecule has 4 nitrogen and oxygen atoms in total. The maximum absolute atomic E-state index is 12.0. The van der Waals surface area contributed by atoms with E-state index in [2.05, 4.69) is 4.74 Å². The van der Waals surface area contributed by atoms with Gasteiger partial charge in [-0.3, -0.25) is 4.79 Å². The summed E-state index contributed by atoms with van der Waals surface area (Å²) in [7, 11) is 2.87. The van der Waals surface area contributed by atoms with Crippen LogP contribution in [0, 0.1) is 0 Å². The lowest BCUT2D eigenvalue weighted by Crippen LogP contribution is -2.14. The summed E-state index contributed by atoms with van der Waals surface area (Å²) >= 11 is 0. The number of carbonyl (C=O) groups is 2. The van der Waals surface area contributed by atoms with Gasteiger partial charge in [-0.2, -0.15) is 0 Å². The van der Waals surface area contributed by atoms with Gasteiger partial charge in [0.15, 0.2) is 5.78 Å². The summed E-state index contributed by atoms with van der Waals surface area (Å²) in [5.41, 5.74) is 1.31. The van der Waals surface area contributed by atoms with Gasteiger partial charge in [0.2, 0.25) is 0 Å². The van der Waals surface area contributed by atoms with Crippen molar-refractivity contribution in [3.63, 3.8) is 0 Å². The maximum atomic E-state index is 12.0. The van der Waals surface area contributed by atoms with E-state index in [0.29, 0.717) is 5.56 Å². The molecule has 0 aromatic heterocycles. The molecule has 20 heavy (non-hydrogen) atoms. The molecular formula is C16H20O4. The molecule has 0 aliphatic heterocycles. The third-order valence-corrected chi connectivity index (χ3v) is 2.86. The number of hydrogen-bond acceptors (Lipinski definition) is 4. The predicted molar refractivity (Wildman–Crippen MR) is 77.2 cm³/mol. The molecule has 108 valence electrons. The quantitative estimate of drug-likeness (QED) is 0.482. The Morgan fingerprint density at radius 3 is 2.25 bits per heavy atom. The van der Waals surface area contributed by atoms with E-state index in [1.165, 1.54) is 13.2 Å². The summed E-state index contributed by atoms with van der Waals surface area (Å²) in [4.78, 5) is 23.0. The molecule has 0 amide bonds. The molecule has 0 aliphatic carbocycles. The molecule has 0 heterocycles. The number of hydrogen-bond donors (Lipinski definition) is 0. The molecule has 0 spiro atoms. The van der Waals surface area contributed by atoms with E-state index in [4.69, 9.17) is 4.74 Å². The van der Waals surface area contributed by atoms with Crippen LogP contribution in [0.15, 0.2) is 30.4 Å². The highest BCUT2D eigenvalue weighted by atomic mass is 16.5. The first-order chi connectivity index (χ1) is 9.29. The van der Waals surface area contributed by atoms with Crippen molar-refractivity contribution in [3.8, 4) is 5.75 Å². The first-order valence-electron chi connectivity index (χ1n) is 6.28. The van der Waals surface area contributed by atoms with Crippen LogP contribution in [0.3, 0.4) is 0 Å². The molecule has 0 saturated heterocycles. The van der Waals surface area contributed by atoms with Crippen molar-refractivity contribution in [1.82, 2.24) is 0 Å². The first-order valence-corrected chi connectivity index (χ1v) is 6.28. The van der Waals surface area contributed by atoms with E-state index >= 15 is 0 Å². The van der Waals surface area contributed by atoms with Crippen LogP contribution in [-0.4, -0.2) is 26.0 Å². The Bertz CT molecular complexity index is 536. The highest BCUT2D eigenvalue weighted by molar-refractivity contribution is 6.07. The van der Waals surface area contributed by atoms with Gasteiger partial charge in [-0.15, -0.1) is 0 Å². The molecule has 1 rings (SSSR count). The molecule has 0 aliphatic rings. The Morgan fingerprint density at radius 1 is 1.10 bits per heavy atom. The van der Waals surface area contributed by atoms with Crippen LogP contribution in [0.2, 0.25) is 0 Å². The summed E-state index contributed by atoms with van der Waals surface area (Å²) in [6, 6.07) is 5.24. The van der Waals surface area contributed by atoms with Gasteiger partial charge in [0.1, 0.15) is 5.75 Å². The summed E-state index contributed by atoms with van der Waals surface area (Å²) in [5, 5.41) is 0. The Labute approximate surface area is 119 Å². The SMILES string of the molecule is COC(=O)/C=C/C(=O)c1ccc(OC)c(C(C)(C)C)c1. The van der Waals surface area contributed by atoms with Crippen molar-refractivity contribution in [2.45, 2.75) is 26.2 Å². The Kier molecular flexibility index (Phi) is 5.08. The lowest BCUT2D eigenvalue weighted by Gasteiger charge is -2.22. The van der Waals surface area contributed by atoms with Gasteiger partial charge in [0, 0.05) is 17.2 Å². The van der Waals surface area contributed by atoms with E-state index < -0.39 is 5.97 Å². The molecule has 1 aromatic rings. The van der Waals surface area contributed by atoms with E-state index in [1.54, 1.807) is 25.3 Å². The normalized spacial score (nSPS) is 11.4. The number of esters is 1. The summed E-state index contributed by atoms with van der Waals surface area (Å²) in [5.74, 6) is -0.0579. The predicted octanol–water partition coefficient (Wildman–Crippen LogP) is 2.90. The highest BCUT2D eigenvalue weighted by Gasteiger charge is 2.20. The fourth-order valence-corrected chi connectivity index (χ4v) is 1.76. The minimum atomic E-state index is -0.553. The van der Waals surface area contributed by atoms with Crippen LogP contribution in [0.1, 0.15) is 36.7 Å². The minimum absolute atomic E-state index is 0.145. The summed E-state index contributed by atoms with van der Waals surface area (Å²) in [6.07, 6.45) is 2.32. The highest BCUT2D eigenvalue weighted by Crippen LogP contribution is 2.32. The van der Waals surface area contributed by atoms with Crippen molar-refractivity contribution in [2.24, 2.45) is 0 Å². The first kappa shape index (κ1) is 16.0. The zero-order chi connectivity index (χ0) is 15.3. The molecule has 0 unspecified atom stereocenters. The second-order valence-corrected chi connectivity index (χ2v) is 5.39. The number of ketones is 1. The molecule has 0 bridgehead atoms. The Balaban J connectivity index is 3.12. The van der Waals surface area contributed by atoms with Gasteiger partial charge in [-0.25, -0.2) is 4.79 Å². The monoisotopic (exact) mass is 276 g/mol. The van der Waals surface area contributed by atoms with Crippen molar-refractivity contribution in [2.75, 3.05) is 14.2 Å². The van der Waals surface area contributed by atoms with E-state index in [1.807, 2.05) is 20.8 Å². The maximum Gasteiger partial charge on any atom is 0.330 e. The number of allylic oxidation sites excluding steroid dienone is 1. The minimum Gasteiger partial charge on any atom is -0.496 e. The van der Waals surface area contributed by atoms with Gasteiger partial charge >= 0.3 is 5.97 Å². The zero-order valence-electron chi connectivity index (χ0n) is 12.5. The zero-order valence-corrected chi connectivity index (χ0v) is 12.5. The van der Waals surface area contributed by atoms with Gasteiger partial charge in [-0.05, 0) is 29.7 Å². The number of ether oxygens (including phenoxy) is 2. The average Bonchev–Trinajstić information content (AvgIpc) is 2.42. The molecule has 0 N–H and O–H groups in total. The molecule has 1 aromatic carbocycles. The second kappa shape index (κ2) is 6.37. The Hall–Kier alpha value is -2.10. The largest absolute Gasteiger partial charge is 0.496 e. The van der Waals surface area contributed by atoms with Crippen LogP contribution >= 0.6 is 0 Å². The second-order valence-electron chi connectivity index (χ2n) is 5.39. The molecule has 0 fully saturated rings. The van der Waals surface area contributed by atoms with Crippen molar-refractivity contribution < 1.29 is 19.1 Å². The lowest BCUT2D eigenvalue weighted by atomic mass is 9.85. The van der Waals surface area contributed by atoms with Gasteiger partial charge in [0.05, 0.1) is 14.2 Å². The van der Waals surface area contributed by atoms with E-state index in [-0.39, 0.29) is 11.2 Å². The number of methoxy groups -OCH3 is 2. The topological polar surface area (TPSA) is 52.6 Å². The summed E-state index contributed by atoms with van der Waals surface area (Å²) < 4.78 is 9.77. The molecule has 0 radical (unpaired) electrons. The van der Waals surface area contributed by atoms with Crippen LogP contribution in [-0.2, 0) is 14.9 Å². The molecule has 0 saturated carbocycles. The van der Waals surface area contributed by atoms with Crippen molar-refractivity contribution in [1.29, 1.82) is 0 Å². The van der Waals surface area contributed by atoms with E-state index in [0.717, 1.165) is 17.4 Å². The third-order valence-electron chi connectivity index (χ3n) is 2.86. The fraction of sp³-hybridized carbons (Fsp3) is 0.375. The fourth-order valence-electron chi connectivity index (χ4n) is 1.76. The molecular weight excluding hydrogens is 256 g/mol. The molecule has 4 heteroatoms. The number of carbonyl (C=O) groups excluding carboxylic acids is 2. The van der Waals surface area contributed by atoms with Crippen LogP contribution < -0.4 is 4.74 Å². The van der Waals surface area contributed by atoms with Crippen molar-refractivity contribution >= 4 is 11.8 Å². The van der Waals surface area contributed by atoms with Crippen LogP contribution in [0.4, 0.5) is 0 Å². The summed E-state index contributed by atoms with van der Waals surface area (Å²) in [6.45, 7) is 6.14. The smallest absolute Gasteiger partial charge is 0.330 e. The number of rotatable bonds is 4. The average molecular weight is 276 g/mol. The number of benzene rings is 1. The van der Waals surface area contributed by atoms with E-state index in [9.17, 15) is 9.59 Å². The lowest BCUT2D eigenvalue weighted by molar-refractivity contribution is -0.134. The van der Waals surface area contributed by atoms with Gasteiger partial charge in [0.25, 0.3) is 0 Å².